The molecule has 0 amide bonds. The molecule has 0 atom stereocenters. The van der Waals surface area contributed by atoms with Crippen LogP contribution in [0.1, 0.15) is 38.5 Å². The number of para-hydroxylation sites is 2. The van der Waals surface area contributed by atoms with Crippen LogP contribution in [0.3, 0.4) is 0 Å². The summed E-state index contributed by atoms with van der Waals surface area (Å²) in [4.78, 5) is 10.6. The molecule has 4 rings (SSSR count). The van der Waals surface area contributed by atoms with Crippen LogP contribution >= 0.6 is 0 Å². The highest BCUT2D eigenvalue weighted by Gasteiger charge is 2.37. The molecule has 2 aromatic rings. The second kappa shape index (κ2) is 5.34. The number of anilines is 1. The van der Waals surface area contributed by atoms with Crippen molar-refractivity contribution in [1.82, 2.24) is 9.97 Å². The number of fused-ring (bicyclic) bond motifs is 1. The smallest absolute Gasteiger partial charge is 0.204 e. The van der Waals surface area contributed by atoms with Crippen molar-refractivity contribution in [3.05, 3.63) is 24.3 Å². The quantitative estimate of drug-likeness (QED) is 0.872. The Labute approximate surface area is 125 Å². The van der Waals surface area contributed by atoms with Gasteiger partial charge in [0.05, 0.1) is 23.2 Å². The van der Waals surface area contributed by atoms with E-state index in [-0.39, 0.29) is 5.60 Å². The van der Waals surface area contributed by atoms with E-state index in [4.69, 9.17) is 9.72 Å². The first-order chi connectivity index (χ1) is 10.3. The van der Waals surface area contributed by atoms with Crippen molar-refractivity contribution >= 4 is 17.0 Å². The van der Waals surface area contributed by atoms with E-state index in [1.165, 1.54) is 38.5 Å². The fraction of sp³-hybridized carbons (Fsp3) is 0.588. The summed E-state index contributed by atoms with van der Waals surface area (Å²) in [5.74, 6) is 1.00. The zero-order valence-electron chi connectivity index (χ0n) is 12.5. The highest BCUT2D eigenvalue weighted by molar-refractivity contribution is 5.77. The van der Waals surface area contributed by atoms with E-state index in [9.17, 15) is 0 Å². The molecule has 4 heteroatoms. The van der Waals surface area contributed by atoms with Crippen LogP contribution in [0.2, 0.25) is 0 Å². The summed E-state index contributed by atoms with van der Waals surface area (Å²) in [5.41, 5.74) is 2.23. The molecule has 1 aliphatic heterocycles. The number of nitrogens with zero attached hydrogens (tertiary/aromatic N) is 2. The molecule has 1 saturated carbocycles. The fourth-order valence-corrected chi connectivity index (χ4v) is 3.79. The average molecular weight is 285 g/mol. The summed E-state index contributed by atoms with van der Waals surface area (Å²) >= 11 is 0. The maximum absolute atomic E-state index is 6.23. The van der Waals surface area contributed by atoms with Crippen molar-refractivity contribution in [1.29, 1.82) is 0 Å². The third kappa shape index (κ3) is 2.53. The van der Waals surface area contributed by atoms with Crippen LogP contribution in [0.5, 0.6) is 0 Å². The molecule has 1 aromatic carbocycles. The van der Waals surface area contributed by atoms with Gasteiger partial charge in [-0.3, -0.25) is 0 Å². The van der Waals surface area contributed by atoms with E-state index >= 15 is 0 Å². The van der Waals surface area contributed by atoms with Crippen molar-refractivity contribution in [2.24, 2.45) is 0 Å². The first-order valence-corrected chi connectivity index (χ1v) is 8.18. The van der Waals surface area contributed by atoms with Crippen LogP contribution in [0.4, 0.5) is 5.95 Å². The van der Waals surface area contributed by atoms with Gasteiger partial charge in [0.15, 0.2) is 0 Å². The topological polar surface area (TPSA) is 41.2 Å². The highest BCUT2D eigenvalue weighted by Crippen LogP contribution is 2.34. The Hall–Kier alpha value is -1.55. The Morgan fingerprint density at radius 3 is 2.71 bits per heavy atom. The number of hydrogen-bond donors (Lipinski definition) is 1. The number of H-pyrrole nitrogens is 1. The van der Waals surface area contributed by atoms with Gasteiger partial charge in [-0.15, -0.1) is 0 Å². The zero-order chi connectivity index (χ0) is 14.1. The highest BCUT2D eigenvalue weighted by atomic mass is 16.5. The molecule has 1 aliphatic carbocycles. The van der Waals surface area contributed by atoms with E-state index in [0.29, 0.717) is 0 Å². The predicted molar refractivity (Wildman–Crippen MR) is 84.7 cm³/mol. The zero-order valence-corrected chi connectivity index (χ0v) is 12.5. The Bertz CT molecular complexity index is 580. The maximum atomic E-state index is 6.23. The predicted octanol–water partition coefficient (Wildman–Crippen LogP) is 3.49. The average Bonchev–Trinajstić information content (AvgIpc) is 2.83. The van der Waals surface area contributed by atoms with Gasteiger partial charge in [0.2, 0.25) is 5.95 Å². The van der Waals surface area contributed by atoms with E-state index < -0.39 is 0 Å². The van der Waals surface area contributed by atoms with Crippen molar-refractivity contribution < 1.29 is 4.74 Å². The summed E-state index contributed by atoms with van der Waals surface area (Å²) in [6, 6.07) is 8.25. The lowest BCUT2D eigenvalue weighted by molar-refractivity contribution is -0.0656. The van der Waals surface area contributed by atoms with Gasteiger partial charge in [-0.1, -0.05) is 37.8 Å². The summed E-state index contributed by atoms with van der Waals surface area (Å²) in [7, 11) is 0. The van der Waals surface area contributed by atoms with Gasteiger partial charge in [0.25, 0.3) is 0 Å². The van der Waals surface area contributed by atoms with Crippen LogP contribution in [0.25, 0.3) is 11.0 Å². The minimum absolute atomic E-state index is 0.0632. The van der Waals surface area contributed by atoms with Gasteiger partial charge in [-0.05, 0) is 25.0 Å². The molecule has 1 aromatic heterocycles. The molecule has 1 spiro atoms. The summed E-state index contributed by atoms with van der Waals surface area (Å²) in [5, 5.41) is 0. The van der Waals surface area contributed by atoms with E-state index in [2.05, 4.69) is 28.1 Å². The molecule has 4 nitrogen and oxygen atoms in total. The molecule has 2 heterocycles. The Morgan fingerprint density at radius 2 is 1.90 bits per heavy atom. The Kier molecular flexibility index (Phi) is 3.34. The Morgan fingerprint density at radius 1 is 1.10 bits per heavy atom. The monoisotopic (exact) mass is 285 g/mol. The van der Waals surface area contributed by atoms with Crippen molar-refractivity contribution in [2.75, 3.05) is 24.6 Å². The van der Waals surface area contributed by atoms with E-state index in [0.717, 1.165) is 36.7 Å². The molecule has 1 N–H and O–H groups in total. The lowest BCUT2D eigenvalue weighted by Crippen LogP contribution is -2.52. The third-order valence-corrected chi connectivity index (χ3v) is 4.94. The molecule has 2 fully saturated rings. The summed E-state index contributed by atoms with van der Waals surface area (Å²) in [6.07, 6.45) is 7.71. The Balaban J connectivity index is 1.59. The summed E-state index contributed by atoms with van der Waals surface area (Å²) in [6.45, 7) is 2.73. The first-order valence-electron chi connectivity index (χ1n) is 8.18. The number of ether oxygens (including phenoxy) is 1. The van der Waals surface area contributed by atoms with Crippen molar-refractivity contribution in [3.8, 4) is 0 Å². The van der Waals surface area contributed by atoms with Crippen LogP contribution in [0, 0.1) is 0 Å². The fourth-order valence-electron chi connectivity index (χ4n) is 3.79. The van der Waals surface area contributed by atoms with Gasteiger partial charge >= 0.3 is 0 Å². The number of imidazole rings is 1. The second-order valence-corrected chi connectivity index (χ2v) is 6.44. The number of rotatable bonds is 1. The molecule has 2 aliphatic rings. The van der Waals surface area contributed by atoms with Gasteiger partial charge in [0.1, 0.15) is 0 Å². The van der Waals surface area contributed by atoms with Crippen LogP contribution < -0.4 is 4.90 Å². The SMILES string of the molecule is c1ccc2[nH]c(N3CCOC4(CCCCCC4)C3)nc2c1. The number of hydrogen-bond acceptors (Lipinski definition) is 3. The largest absolute Gasteiger partial charge is 0.371 e. The molecule has 0 unspecified atom stereocenters. The number of aromatic amines is 1. The summed E-state index contributed by atoms with van der Waals surface area (Å²) < 4.78 is 6.23. The van der Waals surface area contributed by atoms with Gasteiger partial charge in [-0.2, -0.15) is 0 Å². The van der Waals surface area contributed by atoms with Crippen LogP contribution in [-0.2, 0) is 4.74 Å². The van der Waals surface area contributed by atoms with Crippen molar-refractivity contribution in [3.63, 3.8) is 0 Å². The minimum atomic E-state index is 0.0632. The molecular formula is C17H23N3O. The molecule has 112 valence electrons. The number of morpholine rings is 1. The molecular weight excluding hydrogens is 262 g/mol. The van der Waals surface area contributed by atoms with Gasteiger partial charge in [-0.25, -0.2) is 4.98 Å². The number of benzene rings is 1. The van der Waals surface area contributed by atoms with Crippen molar-refractivity contribution in [2.45, 2.75) is 44.1 Å². The van der Waals surface area contributed by atoms with E-state index in [1.54, 1.807) is 0 Å². The maximum Gasteiger partial charge on any atom is 0.204 e. The van der Waals surface area contributed by atoms with Gasteiger partial charge < -0.3 is 14.6 Å². The molecule has 0 radical (unpaired) electrons. The minimum Gasteiger partial charge on any atom is -0.371 e. The molecule has 1 saturated heterocycles. The number of nitrogens with one attached hydrogen (secondary N) is 1. The van der Waals surface area contributed by atoms with Gasteiger partial charge in [0, 0.05) is 13.1 Å². The molecule has 21 heavy (non-hydrogen) atoms. The third-order valence-electron chi connectivity index (χ3n) is 4.94. The van der Waals surface area contributed by atoms with E-state index in [1.807, 2.05) is 6.07 Å². The second-order valence-electron chi connectivity index (χ2n) is 6.44. The first kappa shape index (κ1) is 13.1. The lowest BCUT2D eigenvalue weighted by atomic mass is 9.92. The molecule has 0 bridgehead atoms. The standard InChI is InChI=1S/C17H23N3O/c1-2-6-10-17(9-5-1)13-20(11-12-21-17)16-18-14-7-3-4-8-15(14)19-16/h3-4,7-8H,1-2,5-6,9-13H2,(H,18,19). The lowest BCUT2D eigenvalue weighted by Gasteiger charge is -2.42. The number of aromatic nitrogens is 2. The normalized spacial score (nSPS) is 22.6. The van der Waals surface area contributed by atoms with Crippen LogP contribution in [0.15, 0.2) is 24.3 Å². The van der Waals surface area contributed by atoms with Crippen LogP contribution in [-0.4, -0.2) is 35.3 Å².